The van der Waals surface area contributed by atoms with Gasteiger partial charge in [0.15, 0.2) is 5.82 Å². The molecule has 9 heteroatoms. The first-order valence-corrected chi connectivity index (χ1v) is 13.0. The molecule has 1 N–H and O–H groups in total. The van der Waals surface area contributed by atoms with Crippen LogP contribution in [0.15, 0.2) is 46.8 Å². The number of piperidine rings is 1. The van der Waals surface area contributed by atoms with Crippen molar-refractivity contribution >= 4 is 23.1 Å². The molecule has 34 heavy (non-hydrogen) atoms. The van der Waals surface area contributed by atoms with E-state index in [4.69, 9.17) is 0 Å². The Morgan fingerprint density at radius 2 is 2.00 bits per heavy atom. The van der Waals surface area contributed by atoms with Crippen LogP contribution in [0, 0.1) is 5.92 Å². The molecule has 5 rings (SSSR count). The number of rotatable bonds is 7. The lowest BCUT2D eigenvalue weighted by atomic mass is 9.97. The Hall–Kier alpha value is -3.07. The smallest absolute Gasteiger partial charge is 0.253 e. The van der Waals surface area contributed by atoms with E-state index in [0.29, 0.717) is 25.6 Å². The zero-order valence-corrected chi connectivity index (χ0v) is 20.0. The van der Waals surface area contributed by atoms with Crippen molar-refractivity contribution in [2.75, 3.05) is 24.5 Å². The maximum Gasteiger partial charge on any atom is 0.253 e. The third kappa shape index (κ3) is 5.19. The molecule has 4 heterocycles. The fraction of sp³-hybridized carbons (Fsp3) is 0.480. The van der Waals surface area contributed by atoms with Gasteiger partial charge in [0.1, 0.15) is 5.69 Å². The normalized spacial score (nSPS) is 18.8. The lowest BCUT2D eigenvalue weighted by Gasteiger charge is -2.32. The first-order chi connectivity index (χ1) is 16.7. The minimum atomic E-state index is -0.105. The molecule has 2 aliphatic rings. The highest BCUT2D eigenvalue weighted by molar-refractivity contribution is 7.13. The molecule has 0 radical (unpaired) electrons. The van der Waals surface area contributed by atoms with Crippen LogP contribution in [0.25, 0.3) is 10.6 Å². The number of hydrogen-bond donors (Lipinski definition) is 1. The summed E-state index contributed by atoms with van der Waals surface area (Å²) in [7, 11) is 0. The van der Waals surface area contributed by atoms with Crippen LogP contribution in [-0.2, 0) is 11.3 Å². The average Bonchev–Trinajstić information content (AvgIpc) is 3.60. The van der Waals surface area contributed by atoms with Crippen molar-refractivity contribution in [2.45, 2.75) is 51.0 Å². The standard InChI is InChI=1S/C25H30N6O2S/c32-24-15-21(18-5-1-2-6-18)27-17-31(24)13-11-26-25(33)19-7-3-12-30(16-19)23-10-9-20(28-29-23)22-8-4-14-34-22/h4,8-10,14-15,17-19H,1-3,5-7,11-13,16H2,(H,26,33). The summed E-state index contributed by atoms with van der Waals surface area (Å²) in [5.74, 6) is 1.15. The van der Waals surface area contributed by atoms with Gasteiger partial charge in [-0.3, -0.25) is 14.2 Å². The van der Waals surface area contributed by atoms with Crippen molar-refractivity contribution in [3.8, 4) is 10.6 Å². The summed E-state index contributed by atoms with van der Waals surface area (Å²) in [6.45, 7) is 2.32. The van der Waals surface area contributed by atoms with Crippen molar-refractivity contribution in [1.29, 1.82) is 0 Å². The second-order valence-corrected chi connectivity index (χ2v) is 10.1. The molecule has 3 aromatic heterocycles. The van der Waals surface area contributed by atoms with E-state index in [1.165, 1.54) is 12.8 Å². The number of carbonyl (C=O) groups is 1. The SMILES string of the molecule is O=C(NCCn1cnc(C2CCCC2)cc1=O)C1CCCN(c2ccc(-c3cccs3)nn2)C1. The molecule has 3 aromatic rings. The lowest BCUT2D eigenvalue weighted by Crippen LogP contribution is -2.44. The van der Waals surface area contributed by atoms with Crippen molar-refractivity contribution in [3.63, 3.8) is 0 Å². The number of aromatic nitrogens is 4. The lowest BCUT2D eigenvalue weighted by molar-refractivity contribution is -0.125. The average molecular weight is 479 g/mol. The number of thiophene rings is 1. The topological polar surface area (TPSA) is 93.0 Å². The Labute approximate surface area is 203 Å². The summed E-state index contributed by atoms with van der Waals surface area (Å²) >= 11 is 1.64. The molecule has 1 aliphatic carbocycles. The number of amides is 1. The molecule has 1 amide bonds. The van der Waals surface area contributed by atoms with Crippen LogP contribution in [0.5, 0.6) is 0 Å². The van der Waals surface area contributed by atoms with Gasteiger partial charge in [0.05, 0.1) is 22.8 Å². The minimum absolute atomic E-state index is 0.0245. The van der Waals surface area contributed by atoms with Gasteiger partial charge in [-0.1, -0.05) is 18.9 Å². The van der Waals surface area contributed by atoms with E-state index >= 15 is 0 Å². The Kier molecular flexibility index (Phi) is 6.99. The van der Waals surface area contributed by atoms with Gasteiger partial charge in [-0.25, -0.2) is 4.98 Å². The Morgan fingerprint density at radius 1 is 1.12 bits per heavy atom. The summed E-state index contributed by atoms with van der Waals surface area (Å²) < 4.78 is 1.58. The van der Waals surface area contributed by atoms with Crippen LogP contribution >= 0.6 is 11.3 Å². The second kappa shape index (κ2) is 10.5. The van der Waals surface area contributed by atoms with Gasteiger partial charge in [0.2, 0.25) is 5.91 Å². The van der Waals surface area contributed by atoms with Crippen LogP contribution in [0.1, 0.15) is 50.1 Å². The van der Waals surface area contributed by atoms with Crippen molar-refractivity contribution in [3.05, 3.63) is 58.1 Å². The molecular weight excluding hydrogens is 448 g/mol. The van der Waals surface area contributed by atoms with Crippen molar-refractivity contribution < 1.29 is 4.79 Å². The number of nitrogens with one attached hydrogen (secondary N) is 1. The van der Waals surface area contributed by atoms with Crippen LogP contribution in [0.4, 0.5) is 5.82 Å². The molecule has 0 bridgehead atoms. The van der Waals surface area contributed by atoms with Gasteiger partial charge >= 0.3 is 0 Å². The summed E-state index contributed by atoms with van der Waals surface area (Å²) in [6, 6.07) is 9.67. The van der Waals surface area contributed by atoms with Crippen LogP contribution < -0.4 is 15.8 Å². The van der Waals surface area contributed by atoms with Gasteiger partial charge < -0.3 is 10.2 Å². The molecule has 1 unspecified atom stereocenters. The van der Waals surface area contributed by atoms with E-state index in [-0.39, 0.29) is 17.4 Å². The largest absolute Gasteiger partial charge is 0.354 e. The van der Waals surface area contributed by atoms with Crippen molar-refractivity contribution in [2.24, 2.45) is 5.92 Å². The van der Waals surface area contributed by atoms with E-state index in [1.54, 1.807) is 28.3 Å². The highest BCUT2D eigenvalue weighted by Gasteiger charge is 2.26. The van der Waals surface area contributed by atoms with E-state index in [9.17, 15) is 9.59 Å². The van der Waals surface area contributed by atoms with Gasteiger partial charge in [-0.2, -0.15) is 0 Å². The number of anilines is 1. The van der Waals surface area contributed by atoms with Gasteiger partial charge in [0.25, 0.3) is 5.56 Å². The maximum atomic E-state index is 12.8. The molecule has 1 atom stereocenters. The molecule has 178 valence electrons. The predicted octanol–water partition coefficient (Wildman–Crippen LogP) is 3.45. The zero-order valence-electron chi connectivity index (χ0n) is 19.2. The van der Waals surface area contributed by atoms with Crippen LogP contribution in [0.3, 0.4) is 0 Å². The monoisotopic (exact) mass is 478 g/mol. The Balaban J connectivity index is 1.13. The highest BCUT2D eigenvalue weighted by atomic mass is 32.1. The molecule has 1 aliphatic heterocycles. The van der Waals surface area contributed by atoms with E-state index < -0.39 is 0 Å². The molecule has 1 saturated heterocycles. The maximum absolute atomic E-state index is 12.8. The van der Waals surface area contributed by atoms with Crippen LogP contribution in [-0.4, -0.2) is 45.3 Å². The first kappa shape index (κ1) is 22.7. The summed E-state index contributed by atoms with van der Waals surface area (Å²) in [4.78, 5) is 33.0. The van der Waals surface area contributed by atoms with Crippen molar-refractivity contribution in [1.82, 2.24) is 25.1 Å². The molecule has 0 aromatic carbocycles. The summed E-state index contributed by atoms with van der Waals surface area (Å²) in [6.07, 6.45) is 8.08. The Bertz CT molecular complexity index is 1150. The van der Waals surface area contributed by atoms with E-state index in [0.717, 1.165) is 54.3 Å². The molecule has 1 saturated carbocycles. The quantitative estimate of drug-likeness (QED) is 0.559. The van der Waals surface area contributed by atoms with E-state index in [2.05, 4.69) is 25.4 Å². The molecular formula is C25H30N6O2S. The third-order valence-corrected chi connectivity index (χ3v) is 7.76. The predicted molar refractivity (Wildman–Crippen MR) is 133 cm³/mol. The zero-order chi connectivity index (χ0) is 23.3. The number of nitrogens with zero attached hydrogens (tertiary/aromatic N) is 5. The summed E-state index contributed by atoms with van der Waals surface area (Å²) in [5, 5.41) is 13.8. The fourth-order valence-electron chi connectivity index (χ4n) is 4.95. The Morgan fingerprint density at radius 3 is 2.74 bits per heavy atom. The van der Waals surface area contributed by atoms with E-state index in [1.807, 2.05) is 29.6 Å². The fourth-order valence-corrected chi connectivity index (χ4v) is 5.64. The molecule has 8 nitrogen and oxygen atoms in total. The van der Waals surface area contributed by atoms with Gasteiger partial charge in [-0.15, -0.1) is 21.5 Å². The number of carbonyl (C=O) groups excluding carboxylic acids is 1. The third-order valence-electron chi connectivity index (χ3n) is 6.87. The molecule has 2 fully saturated rings. The highest BCUT2D eigenvalue weighted by Crippen LogP contribution is 2.32. The number of hydrogen-bond acceptors (Lipinski definition) is 7. The van der Waals surface area contributed by atoms with Gasteiger partial charge in [-0.05, 0) is 49.3 Å². The minimum Gasteiger partial charge on any atom is -0.354 e. The molecule has 0 spiro atoms. The summed E-state index contributed by atoms with van der Waals surface area (Å²) in [5.41, 5.74) is 1.74. The first-order valence-electron chi connectivity index (χ1n) is 12.1. The van der Waals surface area contributed by atoms with Gasteiger partial charge in [0, 0.05) is 38.2 Å². The van der Waals surface area contributed by atoms with Crippen LogP contribution in [0.2, 0.25) is 0 Å². The second-order valence-electron chi connectivity index (χ2n) is 9.16.